The van der Waals surface area contributed by atoms with Gasteiger partial charge in [-0.15, -0.1) is 0 Å². The number of benzene rings is 1. The van der Waals surface area contributed by atoms with Crippen molar-refractivity contribution < 1.29 is 9.18 Å². The van der Waals surface area contributed by atoms with Crippen LogP contribution in [0.2, 0.25) is 0 Å². The van der Waals surface area contributed by atoms with Crippen molar-refractivity contribution in [1.29, 1.82) is 0 Å². The van der Waals surface area contributed by atoms with Crippen molar-refractivity contribution >= 4 is 5.78 Å². The smallest absolute Gasteiger partial charge is 0.133 e. The summed E-state index contributed by atoms with van der Waals surface area (Å²) in [5.74, 6) is 0.191. The molecule has 1 aromatic rings. The highest BCUT2D eigenvalue weighted by Gasteiger charge is 2.40. The summed E-state index contributed by atoms with van der Waals surface area (Å²) in [6.07, 6.45) is 6.58. The van der Waals surface area contributed by atoms with E-state index in [2.05, 4.69) is 0 Å². The third-order valence-electron chi connectivity index (χ3n) is 4.39. The lowest BCUT2D eigenvalue weighted by atomic mass is 9.62. The first-order valence-corrected chi connectivity index (χ1v) is 6.50. The van der Waals surface area contributed by atoms with Gasteiger partial charge in [-0.2, -0.15) is 0 Å². The Hall–Kier alpha value is -1.18. The first kappa shape index (κ1) is 10.9. The molecule has 0 amide bonds. The van der Waals surface area contributed by atoms with Crippen LogP contribution in [0.5, 0.6) is 0 Å². The third kappa shape index (κ3) is 1.80. The van der Waals surface area contributed by atoms with Crippen LogP contribution in [-0.4, -0.2) is 5.78 Å². The number of ketones is 1. The summed E-state index contributed by atoms with van der Waals surface area (Å²) < 4.78 is 13.4. The second-order valence-corrected chi connectivity index (χ2v) is 5.50. The van der Waals surface area contributed by atoms with Crippen LogP contribution in [0, 0.1) is 5.82 Å². The van der Waals surface area contributed by atoms with Crippen LogP contribution in [0.3, 0.4) is 0 Å². The van der Waals surface area contributed by atoms with E-state index in [9.17, 15) is 9.18 Å². The average Bonchev–Trinajstić information content (AvgIpc) is 2.30. The number of carbonyl (C=O) groups is 1. The molecule has 0 N–H and O–H groups in total. The molecule has 90 valence electrons. The number of rotatable bonds is 0. The van der Waals surface area contributed by atoms with Crippen LogP contribution in [0.1, 0.15) is 49.7 Å². The summed E-state index contributed by atoms with van der Waals surface area (Å²) in [5, 5.41) is 0. The lowest BCUT2D eigenvalue weighted by Crippen LogP contribution is -2.36. The maximum absolute atomic E-state index is 13.4. The van der Waals surface area contributed by atoms with Gasteiger partial charge >= 0.3 is 0 Å². The summed E-state index contributed by atoms with van der Waals surface area (Å²) in [4.78, 5) is 11.7. The lowest BCUT2D eigenvalue weighted by molar-refractivity contribution is -0.122. The molecule has 0 aliphatic heterocycles. The number of aryl methyl sites for hydroxylation is 1. The molecule has 2 aliphatic carbocycles. The zero-order valence-corrected chi connectivity index (χ0v) is 9.97. The highest BCUT2D eigenvalue weighted by atomic mass is 19.1. The average molecular weight is 232 g/mol. The minimum absolute atomic E-state index is 0.0367. The topological polar surface area (TPSA) is 17.1 Å². The summed E-state index contributed by atoms with van der Waals surface area (Å²) in [5.41, 5.74) is 2.34. The monoisotopic (exact) mass is 232 g/mol. The molecule has 17 heavy (non-hydrogen) atoms. The van der Waals surface area contributed by atoms with Gasteiger partial charge in [-0.25, -0.2) is 4.39 Å². The Kier molecular flexibility index (Phi) is 2.53. The summed E-state index contributed by atoms with van der Waals surface area (Å²) in [7, 11) is 0. The maximum atomic E-state index is 13.4. The van der Waals surface area contributed by atoms with E-state index in [-0.39, 0.29) is 11.2 Å². The highest BCUT2D eigenvalue weighted by molar-refractivity contribution is 5.81. The Balaban J connectivity index is 2.08. The van der Waals surface area contributed by atoms with Gasteiger partial charge in [-0.1, -0.05) is 6.07 Å². The van der Waals surface area contributed by atoms with E-state index in [4.69, 9.17) is 0 Å². The van der Waals surface area contributed by atoms with Crippen LogP contribution in [0.15, 0.2) is 18.2 Å². The van der Waals surface area contributed by atoms with Crippen molar-refractivity contribution in [3.63, 3.8) is 0 Å². The first-order chi connectivity index (χ1) is 8.20. The minimum atomic E-state index is -0.164. The van der Waals surface area contributed by atoms with E-state index in [1.807, 2.05) is 6.07 Å². The van der Waals surface area contributed by atoms with E-state index in [0.717, 1.165) is 37.7 Å². The van der Waals surface area contributed by atoms with Gasteiger partial charge in [-0.05, 0) is 55.4 Å². The molecule has 1 saturated carbocycles. The number of Topliss-reactive ketones (excluding diaryl/α,β-unsaturated/α-hetero) is 1. The molecule has 1 atom stereocenters. The fourth-order valence-electron chi connectivity index (χ4n) is 3.63. The number of hydrogen-bond acceptors (Lipinski definition) is 1. The van der Waals surface area contributed by atoms with Gasteiger partial charge in [-0.3, -0.25) is 4.79 Å². The second kappa shape index (κ2) is 3.94. The molecular formula is C15H17FO. The molecule has 0 aromatic heterocycles. The molecule has 1 aromatic carbocycles. The SMILES string of the molecule is O=C1CCCC2(CCCc3ccc(F)cc32)C1. The standard InChI is InChI=1S/C15H17FO/c16-12-6-5-11-3-1-7-15(14(11)9-12)8-2-4-13(17)10-15/h5-6,9H,1-4,7-8,10H2. The lowest BCUT2D eigenvalue weighted by Gasteiger charge is -2.41. The molecule has 0 heterocycles. The van der Waals surface area contributed by atoms with Crippen molar-refractivity contribution in [2.45, 2.75) is 50.4 Å². The third-order valence-corrected chi connectivity index (χ3v) is 4.39. The van der Waals surface area contributed by atoms with Gasteiger partial charge in [0, 0.05) is 18.3 Å². The number of carbonyl (C=O) groups excluding carboxylic acids is 1. The van der Waals surface area contributed by atoms with Crippen molar-refractivity contribution in [3.05, 3.63) is 35.1 Å². The van der Waals surface area contributed by atoms with Crippen molar-refractivity contribution in [2.24, 2.45) is 0 Å². The predicted molar refractivity (Wildman–Crippen MR) is 64.5 cm³/mol. The number of hydrogen-bond donors (Lipinski definition) is 0. The Labute approximate surface area is 101 Å². The van der Waals surface area contributed by atoms with Gasteiger partial charge in [0.2, 0.25) is 0 Å². The van der Waals surface area contributed by atoms with Gasteiger partial charge in [0.05, 0.1) is 0 Å². The Morgan fingerprint density at radius 3 is 2.65 bits per heavy atom. The molecule has 0 saturated heterocycles. The molecule has 0 bridgehead atoms. The molecule has 1 spiro atoms. The van der Waals surface area contributed by atoms with Gasteiger partial charge < -0.3 is 0 Å². The molecule has 0 radical (unpaired) electrons. The number of halogens is 1. The Morgan fingerprint density at radius 2 is 1.88 bits per heavy atom. The predicted octanol–water partition coefficient (Wildman–Crippen LogP) is 3.54. The van der Waals surface area contributed by atoms with Crippen molar-refractivity contribution in [3.8, 4) is 0 Å². The van der Waals surface area contributed by atoms with Crippen LogP contribution >= 0.6 is 0 Å². The van der Waals surface area contributed by atoms with Crippen molar-refractivity contribution in [1.82, 2.24) is 0 Å². The highest BCUT2D eigenvalue weighted by Crippen LogP contribution is 2.46. The molecule has 1 unspecified atom stereocenters. The van der Waals surface area contributed by atoms with E-state index in [0.29, 0.717) is 18.6 Å². The Morgan fingerprint density at radius 1 is 1.12 bits per heavy atom. The fraction of sp³-hybridized carbons (Fsp3) is 0.533. The minimum Gasteiger partial charge on any atom is -0.300 e. The molecule has 1 fully saturated rings. The maximum Gasteiger partial charge on any atom is 0.133 e. The summed E-state index contributed by atoms with van der Waals surface area (Å²) >= 11 is 0. The fourth-order valence-corrected chi connectivity index (χ4v) is 3.63. The molecular weight excluding hydrogens is 215 g/mol. The zero-order chi connectivity index (χ0) is 11.9. The normalized spacial score (nSPS) is 28.2. The second-order valence-electron chi connectivity index (χ2n) is 5.50. The largest absolute Gasteiger partial charge is 0.300 e. The quantitative estimate of drug-likeness (QED) is 0.668. The van der Waals surface area contributed by atoms with Gasteiger partial charge in [0.15, 0.2) is 0 Å². The Bertz CT molecular complexity index is 466. The first-order valence-electron chi connectivity index (χ1n) is 6.50. The van der Waals surface area contributed by atoms with Crippen LogP contribution in [0.4, 0.5) is 4.39 Å². The van der Waals surface area contributed by atoms with E-state index < -0.39 is 0 Å². The molecule has 1 nitrogen and oxygen atoms in total. The molecule has 2 heteroatoms. The van der Waals surface area contributed by atoms with E-state index >= 15 is 0 Å². The van der Waals surface area contributed by atoms with Crippen LogP contribution < -0.4 is 0 Å². The van der Waals surface area contributed by atoms with E-state index in [1.54, 1.807) is 12.1 Å². The van der Waals surface area contributed by atoms with Crippen molar-refractivity contribution in [2.75, 3.05) is 0 Å². The molecule has 3 rings (SSSR count). The zero-order valence-electron chi connectivity index (χ0n) is 9.97. The number of fused-ring (bicyclic) bond motifs is 2. The van der Waals surface area contributed by atoms with Gasteiger partial charge in [0.1, 0.15) is 11.6 Å². The summed E-state index contributed by atoms with van der Waals surface area (Å²) in [6.45, 7) is 0. The van der Waals surface area contributed by atoms with Gasteiger partial charge in [0.25, 0.3) is 0 Å². The van der Waals surface area contributed by atoms with Crippen LogP contribution in [-0.2, 0) is 16.6 Å². The van der Waals surface area contributed by atoms with Crippen LogP contribution in [0.25, 0.3) is 0 Å². The van der Waals surface area contributed by atoms with E-state index in [1.165, 1.54) is 5.56 Å². The molecule has 2 aliphatic rings. The summed E-state index contributed by atoms with van der Waals surface area (Å²) in [6, 6.07) is 5.13.